The van der Waals surface area contributed by atoms with Crippen molar-refractivity contribution in [3.8, 4) is 0 Å². The number of rotatable bonds is 5. The number of unbranched alkanes of at least 4 members (excludes halogenated alkanes) is 2. The first-order valence-corrected chi connectivity index (χ1v) is 6.30. The molecule has 16 heavy (non-hydrogen) atoms. The van der Waals surface area contributed by atoms with E-state index in [0.29, 0.717) is 5.92 Å². The highest BCUT2D eigenvalue weighted by Crippen LogP contribution is 2.34. The van der Waals surface area contributed by atoms with E-state index in [1.165, 1.54) is 0 Å². The van der Waals surface area contributed by atoms with Crippen LogP contribution in [0, 0.1) is 5.92 Å². The first-order valence-electron chi connectivity index (χ1n) is 6.30. The molecule has 2 aliphatic rings. The van der Waals surface area contributed by atoms with Crippen molar-refractivity contribution in [1.82, 2.24) is 10.2 Å². The van der Waals surface area contributed by atoms with Crippen molar-refractivity contribution < 1.29 is 9.59 Å². The van der Waals surface area contributed by atoms with Crippen molar-refractivity contribution in [2.75, 3.05) is 13.1 Å². The van der Waals surface area contributed by atoms with Crippen LogP contribution in [-0.2, 0) is 9.59 Å². The Hall–Kier alpha value is -1.06. The van der Waals surface area contributed by atoms with Gasteiger partial charge in [0, 0.05) is 6.54 Å². The third-order valence-corrected chi connectivity index (χ3v) is 3.35. The standard InChI is InChI=1S/C12H20N2O2/c1-2-3-4-7-14-8-10(15)13-11(12(14)16)9-5-6-9/h9,11H,2-8H2,1H3,(H,13,15). The number of hydrogen-bond acceptors (Lipinski definition) is 2. The molecule has 0 aromatic carbocycles. The molecule has 1 saturated heterocycles. The van der Waals surface area contributed by atoms with Gasteiger partial charge < -0.3 is 10.2 Å². The van der Waals surface area contributed by atoms with Crippen molar-refractivity contribution in [2.24, 2.45) is 5.92 Å². The summed E-state index contributed by atoms with van der Waals surface area (Å²) in [5.41, 5.74) is 0. The summed E-state index contributed by atoms with van der Waals surface area (Å²) in [4.78, 5) is 25.3. The average molecular weight is 224 g/mol. The molecule has 4 nitrogen and oxygen atoms in total. The number of carbonyl (C=O) groups excluding carboxylic acids is 2. The molecule has 4 heteroatoms. The zero-order valence-electron chi connectivity index (χ0n) is 9.87. The molecule has 1 saturated carbocycles. The molecule has 0 bridgehead atoms. The maximum Gasteiger partial charge on any atom is 0.245 e. The maximum atomic E-state index is 12.1. The fraction of sp³-hybridized carbons (Fsp3) is 0.833. The SMILES string of the molecule is CCCCCN1CC(=O)NC(C2CC2)C1=O. The Morgan fingerprint density at radius 2 is 2.06 bits per heavy atom. The number of hydrogen-bond donors (Lipinski definition) is 1. The molecular formula is C12H20N2O2. The van der Waals surface area contributed by atoms with Gasteiger partial charge in [-0.15, -0.1) is 0 Å². The number of amides is 2. The van der Waals surface area contributed by atoms with Crippen LogP contribution in [-0.4, -0.2) is 35.8 Å². The Morgan fingerprint density at radius 3 is 2.69 bits per heavy atom. The van der Waals surface area contributed by atoms with Crippen LogP contribution in [0.4, 0.5) is 0 Å². The van der Waals surface area contributed by atoms with Crippen LogP contribution < -0.4 is 5.32 Å². The Bertz CT molecular complexity index is 287. The minimum Gasteiger partial charge on any atom is -0.342 e. The van der Waals surface area contributed by atoms with Gasteiger partial charge in [-0.05, 0) is 25.2 Å². The van der Waals surface area contributed by atoms with E-state index < -0.39 is 0 Å². The van der Waals surface area contributed by atoms with Gasteiger partial charge >= 0.3 is 0 Å². The highest BCUT2D eigenvalue weighted by molar-refractivity contribution is 5.95. The van der Waals surface area contributed by atoms with Crippen LogP contribution >= 0.6 is 0 Å². The molecule has 1 aliphatic heterocycles. The molecule has 2 rings (SSSR count). The number of nitrogens with zero attached hydrogens (tertiary/aromatic N) is 1. The molecule has 0 aromatic heterocycles. The molecule has 1 N–H and O–H groups in total. The predicted octanol–water partition coefficient (Wildman–Crippen LogP) is 0.914. The molecule has 0 radical (unpaired) electrons. The van der Waals surface area contributed by atoms with Gasteiger partial charge in [-0.25, -0.2) is 0 Å². The van der Waals surface area contributed by atoms with E-state index in [0.717, 1.165) is 38.6 Å². The molecular weight excluding hydrogens is 204 g/mol. The maximum absolute atomic E-state index is 12.1. The van der Waals surface area contributed by atoms with Gasteiger partial charge in [0.25, 0.3) is 0 Å². The molecule has 1 atom stereocenters. The Morgan fingerprint density at radius 1 is 1.31 bits per heavy atom. The zero-order valence-corrected chi connectivity index (χ0v) is 9.87. The molecule has 90 valence electrons. The smallest absolute Gasteiger partial charge is 0.245 e. The highest BCUT2D eigenvalue weighted by atomic mass is 16.2. The van der Waals surface area contributed by atoms with Crippen LogP contribution in [0.15, 0.2) is 0 Å². The minimum atomic E-state index is -0.220. The van der Waals surface area contributed by atoms with E-state index in [1.807, 2.05) is 0 Å². The average Bonchev–Trinajstić information content (AvgIpc) is 3.06. The lowest BCUT2D eigenvalue weighted by Gasteiger charge is -2.32. The molecule has 1 heterocycles. The summed E-state index contributed by atoms with van der Waals surface area (Å²) in [6, 6.07) is -0.220. The third kappa shape index (κ3) is 2.54. The Kier molecular flexibility index (Phi) is 3.46. The minimum absolute atomic E-state index is 0.00741. The topological polar surface area (TPSA) is 49.4 Å². The molecule has 0 spiro atoms. The Balaban J connectivity index is 1.89. The molecule has 1 aliphatic carbocycles. The van der Waals surface area contributed by atoms with Gasteiger partial charge in [-0.2, -0.15) is 0 Å². The highest BCUT2D eigenvalue weighted by Gasteiger charge is 2.42. The van der Waals surface area contributed by atoms with Gasteiger partial charge in [0.05, 0.1) is 6.54 Å². The molecule has 1 unspecified atom stereocenters. The van der Waals surface area contributed by atoms with Gasteiger partial charge in [0.1, 0.15) is 6.04 Å². The van der Waals surface area contributed by atoms with Crippen LogP contribution in [0.3, 0.4) is 0 Å². The molecule has 2 fully saturated rings. The lowest BCUT2D eigenvalue weighted by atomic mass is 10.1. The summed E-state index contributed by atoms with van der Waals surface area (Å²) in [5, 5.41) is 2.82. The van der Waals surface area contributed by atoms with Crippen molar-refractivity contribution in [2.45, 2.75) is 45.1 Å². The fourth-order valence-electron chi connectivity index (χ4n) is 2.22. The lowest BCUT2D eigenvalue weighted by molar-refractivity contribution is -0.144. The normalized spacial score (nSPS) is 25.8. The van der Waals surface area contributed by atoms with E-state index in [-0.39, 0.29) is 24.4 Å². The third-order valence-electron chi connectivity index (χ3n) is 3.35. The first-order chi connectivity index (χ1) is 7.72. The predicted molar refractivity (Wildman–Crippen MR) is 60.8 cm³/mol. The van der Waals surface area contributed by atoms with E-state index >= 15 is 0 Å². The second-order valence-corrected chi connectivity index (χ2v) is 4.85. The van der Waals surface area contributed by atoms with Crippen LogP contribution in [0.5, 0.6) is 0 Å². The summed E-state index contributed by atoms with van der Waals surface area (Å²) in [5.74, 6) is 0.552. The quantitative estimate of drug-likeness (QED) is 0.706. The van der Waals surface area contributed by atoms with Crippen LogP contribution in [0.2, 0.25) is 0 Å². The summed E-state index contributed by atoms with van der Waals surface area (Å²) in [6.07, 6.45) is 5.44. The van der Waals surface area contributed by atoms with Crippen molar-refractivity contribution in [3.63, 3.8) is 0 Å². The summed E-state index contributed by atoms with van der Waals surface area (Å²) in [6.45, 7) is 3.13. The summed E-state index contributed by atoms with van der Waals surface area (Å²) in [7, 11) is 0. The first kappa shape index (κ1) is 11.4. The van der Waals surface area contributed by atoms with E-state index in [4.69, 9.17) is 0 Å². The van der Waals surface area contributed by atoms with Crippen LogP contribution in [0.25, 0.3) is 0 Å². The van der Waals surface area contributed by atoms with Crippen LogP contribution in [0.1, 0.15) is 39.0 Å². The van der Waals surface area contributed by atoms with Crippen molar-refractivity contribution in [3.05, 3.63) is 0 Å². The van der Waals surface area contributed by atoms with E-state index in [1.54, 1.807) is 4.90 Å². The Labute approximate surface area is 96.4 Å². The van der Waals surface area contributed by atoms with Gasteiger partial charge in [-0.3, -0.25) is 9.59 Å². The number of nitrogens with one attached hydrogen (secondary N) is 1. The van der Waals surface area contributed by atoms with Gasteiger partial charge in [0.2, 0.25) is 11.8 Å². The monoisotopic (exact) mass is 224 g/mol. The van der Waals surface area contributed by atoms with Crippen molar-refractivity contribution in [1.29, 1.82) is 0 Å². The molecule has 2 amide bonds. The largest absolute Gasteiger partial charge is 0.342 e. The lowest BCUT2D eigenvalue weighted by Crippen LogP contribution is -2.58. The van der Waals surface area contributed by atoms with Gasteiger partial charge in [-0.1, -0.05) is 19.8 Å². The number of carbonyl (C=O) groups is 2. The van der Waals surface area contributed by atoms with E-state index in [2.05, 4.69) is 12.2 Å². The fourth-order valence-corrected chi connectivity index (χ4v) is 2.22. The molecule has 0 aromatic rings. The summed E-state index contributed by atoms with van der Waals surface area (Å²) < 4.78 is 0. The van der Waals surface area contributed by atoms with E-state index in [9.17, 15) is 9.59 Å². The van der Waals surface area contributed by atoms with Crippen molar-refractivity contribution >= 4 is 11.8 Å². The van der Waals surface area contributed by atoms with Gasteiger partial charge in [0.15, 0.2) is 0 Å². The second kappa shape index (κ2) is 4.85. The second-order valence-electron chi connectivity index (χ2n) is 4.85. The number of piperazine rings is 1. The summed E-state index contributed by atoms with van der Waals surface area (Å²) >= 11 is 0. The zero-order chi connectivity index (χ0) is 11.5.